The minimum atomic E-state index is -1.34. The van der Waals surface area contributed by atoms with E-state index < -0.39 is 6.16 Å². The van der Waals surface area contributed by atoms with Crippen molar-refractivity contribution in [3.63, 3.8) is 0 Å². The number of hydrogen-bond acceptors (Lipinski definition) is 4. The van der Waals surface area contributed by atoms with Crippen LogP contribution in [0.2, 0.25) is 0 Å². The van der Waals surface area contributed by atoms with Crippen LogP contribution in [-0.2, 0) is 0 Å². The van der Waals surface area contributed by atoms with Crippen molar-refractivity contribution in [2.75, 3.05) is 5.32 Å². The summed E-state index contributed by atoms with van der Waals surface area (Å²) in [5.41, 5.74) is 7.64. The molecule has 3 aromatic carbocycles. The number of pyridine rings is 1. The van der Waals surface area contributed by atoms with Crippen LogP contribution in [0.25, 0.3) is 28.0 Å². The topological polar surface area (TPSA) is 75.9 Å². The van der Waals surface area contributed by atoms with Gasteiger partial charge >= 0.3 is 6.16 Å². The second-order valence-corrected chi connectivity index (χ2v) is 8.07. The van der Waals surface area contributed by atoms with Gasteiger partial charge in [0.05, 0.1) is 0 Å². The number of aryl methyl sites for hydroxylation is 2. The number of fused-ring (bicyclic) bond motifs is 1. The van der Waals surface area contributed by atoms with Crippen molar-refractivity contribution in [1.82, 2.24) is 9.38 Å². The Bertz CT molecular complexity index is 1500. The van der Waals surface area contributed by atoms with Gasteiger partial charge in [0.15, 0.2) is 0 Å². The monoisotopic (exact) mass is 449 g/mol. The lowest BCUT2D eigenvalue weighted by Gasteiger charge is -2.15. The number of rotatable bonds is 5. The standard InChI is InChI=1S/C28H23N3O3/c1-18-9-7-10-19(2)25(18)30-27-26(29-24-15-5-6-16-31(24)27)23-14-4-3-13-22(23)20-11-8-12-21(17-20)34-28(32)33/h3-17,30H,1-2H3,(H,32,33). The molecule has 0 aliphatic rings. The molecule has 2 heterocycles. The second kappa shape index (κ2) is 8.75. The molecule has 0 fully saturated rings. The van der Waals surface area contributed by atoms with Crippen LogP contribution in [0.4, 0.5) is 16.3 Å². The van der Waals surface area contributed by atoms with E-state index in [1.165, 1.54) is 0 Å². The van der Waals surface area contributed by atoms with Crippen LogP contribution in [0.3, 0.4) is 0 Å². The van der Waals surface area contributed by atoms with E-state index in [1.54, 1.807) is 18.2 Å². The molecule has 0 atom stereocenters. The molecule has 2 N–H and O–H groups in total. The molecule has 0 spiro atoms. The van der Waals surface area contributed by atoms with E-state index in [4.69, 9.17) is 14.8 Å². The van der Waals surface area contributed by atoms with Gasteiger partial charge in [-0.15, -0.1) is 0 Å². The molecule has 0 amide bonds. The minimum absolute atomic E-state index is 0.267. The molecule has 0 saturated heterocycles. The van der Waals surface area contributed by atoms with E-state index in [9.17, 15) is 4.79 Å². The van der Waals surface area contributed by atoms with Gasteiger partial charge in [-0.25, -0.2) is 9.78 Å². The molecule has 5 rings (SSSR count). The summed E-state index contributed by atoms with van der Waals surface area (Å²) in [6, 6.07) is 27.2. The molecule has 0 aliphatic carbocycles. The van der Waals surface area contributed by atoms with Crippen molar-refractivity contribution in [2.45, 2.75) is 13.8 Å². The second-order valence-electron chi connectivity index (χ2n) is 8.07. The summed E-state index contributed by atoms with van der Waals surface area (Å²) in [6.45, 7) is 4.17. The molecular formula is C28H23N3O3. The molecule has 6 heteroatoms. The number of carboxylic acid groups (broad SMARTS) is 1. The number of nitrogens with zero attached hydrogens (tertiary/aromatic N) is 2. The summed E-state index contributed by atoms with van der Waals surface area (Å²) in [6.07, 6.45) is 0.650. The number of nitrogens with one attached hydrogen (secondary N) is 1. The van der Waals surface area contributed by atoms with Crippen molar-refractivity contribution in [3.8, 4) is 28.1 Å². The fourth-order valence-electron chi connectivity index (χ4n) is 4.20. The average Bonchev–Trinajstić information content (AvgIpc) is 3.19. The molecule has 34 heavy (non-hydrogen) atoms. The summed E-state index contributed by atoms with van der Waals surface area (Å²) >= 11 is 0. The van der Waals surface area contributed by atoms with Gasteiger partial charge in [-0.2, -0.15) is 0 Å². The molecule has 0 unspecified atom stereocenters. The first-order chi connectivity index (χ1) is 16.5. The lowest BCUT2D eigenvalue weighted by Crippen LogP contribution is -2.03. The van der Waals surface area contributed by atoms with Gasteiger partial charge in [-0.05, 0) is 60.4 Å². The van der Waals surface area contributed by atoms with Crippen molar-refractivity contribution in [2.24, 2.45) is 0 Å². The number of para-hydroxylation sites is 1. The Labute approximate surface area is 197 Å². The normalized spacial score (nSPS) is 10.9. The fraction of sp³-hybridized carbons (Fsp3) is 0.0714. The van der Waals surface area contributed by atoms with Crippen molar-refractivity contribution < 1.29 is 14.6 Å². The molecule has 2 aromatic heterocycles. The zero-order chi connectivity index (χ0) is 23.7. The maximum Gasteiger partial charge on any atom is 0.511 e. The molecule has 0 bridgehead atoms. The number of anilines is 2. The van der Waals surface area contributed by atoms with Gasteiger partial charge in [-0.3, -0.25) is 4.40 Å². The smallest absolute Gasteiger partial charge is 0.449 e. The number of imidazole rings is 1. The summed E-state index contributed by atoms with van der Waals surface area (Å²) in [5, 5.41) is 12.7. The van der Waals surface area contributed by atoms with Gasteiger partial charge in [0.25, 0.3) is 0 Å². The van der Waals surface area contributed by atoms with Gasteiger partial charge in [-0.1, -0.05) is 60.7 Å². The first kappa shape index (κ1) is 21.3. The fourth-order valence-corrected chi connectivity index (χ4v) is 4.20. The van der Waals surface area contributed by atoms with Crippen molar-refractivity contribution in [1.29, 1.82) is 0 Å². The minimum Gasteiger partial charge on any atom is -0.449 e. The summed E-state index contributed by atoms with van der Waals surface area (Å²) in [4.78, 5) is 16.0. The van der Waals surface area contributed by atoms with Crippen LogP contribution >= 0.6 is 0 Å². The number of ether oxygens (including phenoxy) is 1. The number of carbonyl (C=O) groups is 1. The highest BCUT2D eigenvalue weighted by molar-refractivity contribution is 5.90. The zero-order valence-corrected chi connectivity index (χ0v) is 18.8. The lowest BCUT2D eigenvalue weighted by atomic mass is 9.97. The third kappa shape index (κ3) is 3.97. The van der Waals surface area contributed by atoms with E-state index in [0.717, 1.165) is 50.7 Å². The number of hydrogen-bond donors (Lipinski definition) is 2. The molecule has 0 saturated carbocycles. The predicted molar refractivity (Wildman–Crippen MR) is 134 cm³/mol. The predicted octanol–water partition coefficient (Wildman–Crippen LogP) is 7.09. The highest BCUT2D eigenvalue weighted by Gasteiger charge is 2.19. The molecule has 6 nitrogen and oxygen atoms in total. The quantitative estimate of drug-likeness (QED) is 0.221. The molecular weight excluding hydrogens is 426 g/mol. The lowest BCUT2D eigenvalue weighted by molar-refractivity contribution is 0.144. The van der Waals surface area contributed by atoms with Gasteiger partial charge in [0.2, 0.25) is 0 Å². The van der Waals surface area contributed by atoms with Crippen LogP contribution in [-0.4, -0.2) is 20.6 Å². The Hall–Kier alpha value is -4.58. The average molecular weight is 450 g/mol. The third-order valence-electron chi connectivity index (χ3n) is 5.79. The van der Waals surface area contributed by atoms with Gasteiger partial charge < -0.3 is 15.2 Å². The van der Waals surface area contributed by atoms with E-state index in [0.29, 0.717) is 0 Å². The summed E-state index contributed by atoms with van der Waals surface area (Å²) < 4.78 is 6.93. The summed E-state index contributed by atoms with van der Waals surface area (Å²) in [7, 11) is 0. The van der Waals surface area contributed by atoms with E-state index in [-0.39, 0.29) is 5.75 Å². The van der Waals surface area contributed by atoms with E-state index in [2.05, 4.69) is 31.3 Å². The first-order valence-electron chi connectivity index (χ1n) is 10.9. The van der Waals surface area contributed by atoms with Crippen LogP contribution in [0.15, 0.2) is 91.1 Å². The Morgan fingerprint density at radius 3 is 2.35 bits per heavy atom. The largest absolute Gasteiger partial charge is 0.511 e. The number of aromatic nitrogens is 2. The molecule has 0 radical (unpaired) electrons. The van der Waals surface area contributed by atoms with E-state index in [1.807, 2.05) is 65.2 Å². The number of benzene rings is 3. The van der Waals surface area contributed by atoms with Crippen LogP contribution in [0.1, 0.15) is 11.1 Å². The first-order valence-corrected chi connectivity index (χ1v) is 10.9. The SMILES string of the molecule is Cc1cccc(C)c1Nc1c(-c2ccccc2-c2cccc(OC(=O)O)c2)nc2ccccn12. The third-order valence-corrected chi connectivity index (χ3v) is 5.79. The van der Waals surface area contributed by atoms with Gasteiger partial charge in [0.1, 0.15) is 22.9 Å². The summed E-state index contributed by atoms with van der Waals surface area (Å²) in [5.74, 6) is 1.13. The Balaban J connectivity index is 1.70. The Morgan fingerprint density at radius 2 is 1.59 bits per heavy atom. The Kier molecular flexibility index (Phi) is 5.47. The van der Waals surface area contributed by atoms with E-state index >= 15 is 0 Å². The van der Waals surface area contributed by atoms with Crippen molar-refractivity contribution >= 4 is 23.3 Å². The van der Waals surface area contributed by atoms with Gasteiger partial charge in [0, 0.05) is 17.4 Å². The maximum absolute atomic E-state index is 11.0. The molecule has 168 valence electrons. The highest BCUT2D eigenvalue weighted by Crippen LogP contribution is 2.39. The molecule has 0 aliphatic heterocycles. The van der Waals surface area contributed by atoms with Crippen LogP contribution in [0.5, 0.6) is 5.75 Å². The highest BCUT2D eigenvalue weighted by atomic mass is 16.7. The Morgan fingerprint density at radius 1 is 0.882 bits per heavy atom. The zero-order valence-electron chi connectivity index (χ0n) is 18.8. The maximum atomic E-state index is 11.0. The van der Waals surface area contributed by atoms with Crippen LogP contribution < -0.4 is 10.1 Å². The molecule has 5 aromatic rings. The van der Waals surface area contributed by atoms with Crippen LogP contribution in [0, 0.1) is 13.8 Å². The van der Waals surface area contributed by atoms with Crippen molar-refractivity contribution in [3.05, 3.63) is 102 Å².